The number of rotatable bonds is 0. The summed E-state index contributed by atoms with van der Waals surface area (Å²) >= 11 is 0. The Morgan fingerprint density at radius 1 is 0.750 bits per heavy atom. The van der Waals surface area contributed by atoms with Crippen LogP contribution in [-0.4, -0.2) is 10.3 Å². The van der Waals surface area contributed by atoms with E-state index in [-0.39, 0.29) is 0 Å². The molecule has 0 spiro atoms. The number of hydrogen-bond acceptors (Lipinski definition) is 0. The average Bonchev–Trinajstić information content (AvgIpc) is 1.53. The van der Waals surface area contributed by atoms with Gasteiger partial charge in [0.1, 0.15) is 0 Å². The van der Waals surface area contributed by atoms with Crippen molar-refractivity contribution >= 4 is 8.58 Å². The molecule has 0 aliphatic rings. The second-order valence-corrected chi connectivity index (χ2v) is 8.58. The van der Waals surface area contributed by atoms with Crippen LogP contribution >= 0.6 is 8.58 Å². The second-order valence-electron chi connectivity index (χ2n) is 5.33. The highest BCUT2D eigenvalue weighted by Crippen LogP contribution is 2.41. The van der Waals surface area contributed by atoms with Crippen LogP contribution in [0.5, 0.6) is 0 Å². The molecule has 12 heavy (non-hydrogen) atoms. The van der Waals surface area contributed by atoms with E-state index in [1.54, 1.807) is 0 Å². The van der Waals surface area contributed by atoms with E-state index in [1.807, 2.05) is 0 Å². The molecule has 0 aliphatic carbocycles. The van der Waals surface area contributed by atoms with Crippen LogP contribution in [0.3, 0.4) is 0 Å². The van der Waals surface area contributed by atoms with E-state index in [9.17, 15) is 0 Å². The third-order valence-electron chi connectivity index (χ3n) is 0.750. The van der Waals surface area contributed by atoms with E-state index in [4.69, 9.17) is 0 Å². The van der Waals surface area contributed by atoms with Crippen LogP contribution in [0.25, 0.3) is 0 Å². The van der Waals surface area contributed by atoms with Crippen molar-refractivity contribution in [3.8, 4) is 0 Å². The minimum absolute atomic E-state index is 0.512. The van der Waals surface area contributed by atoms with Crippen molar-refractivity contribution in [1.29, 1.82) is 0 Å². The smallest absolute Gasteiger partial charge is 0.0202 e. The van der Waals surface area contributed by atoms with Crippen molar-refractivity contribution < 1.29 is 0 Å². The zero-order valence-corrected chi connectivity index (χ0v) is 11.2. The molecule has 0 N–H and O–H groups in total. The van der Waals surface area contributed by atoms with Crippen LogP contribution < -0.4 is 0 Å². The summed E-state index contributed by atoms with van der Waals surface area (Å²) in [6.07, 6.45) is 1.25. The fraction of sp³-hybridized carbons (Fsp3) is 1.00. The SMILES string of the molecule is CC(C)(C)PC(C)(C)C.CCC. The minimum atomic E-state index is 0.512. The van der Waals surface area contributed by atoms with Gasteiger partial charge in [0.05, 0.1) is 0 Å². The summed E-state index contributed by atoms with van der Waals surface area (Å²) in [5.41, 5.74) is 0. The van der Waals surface area contributed by atoms with Gasteiger partial charge >= 0.3 is 0 Å². The van der Waals surface area contributed by atoms with E-state index in [0.29, 0.717) is 10.3 Å². The first kappa shape index (κ1) is 14.9. The van der Waals surface area contributed by atoms with Crippen molar-refractivity contribution in [1.82, 2.24) is 0 Å². The van der Waals surface area contributed by atoms with Crippen LogP contribution in [0.2, 0.25) is 0 Å². The van der Waals surface area contributed by atoms with E-state index in [0.717, 1.165) is 8.58 Å². The normalized spacial score (nSPS) is 12.0. The first-order chi connectivity index (χ1) is 5.12. The third kappa shape index (κ3) is 22.4. The molecule has 0 unspecified atom stereocenters. The molecule has 1 heteroatoms. The summed E-state index contributed by atoms with van der Waals surface area (Å²) in [5.74, 6) is 0. The maximum atomic E-state index is 2.30. The summed E-state index contributed by atoms with van der Waals surface area (Å²) in [7, 11) is 1.05. The predicted molar refractivity (Wildman–Crippen MR) is 63.8 cm³/mol. The average molecular weight is 190 g/mol. The molecule has 0 saturated carbocycles. The minimum Gasteiger partial charge on any atom is -0.111 e. The first-order valence-corrected chi connectivity index (χ1v) is 5.91. The van der Waals surface area contributed by atoms with Gasteiger partial charge in [-0.3, -0.25) is 0 Å². The summed E-state index contributed by atoms with van der Waals surface area (Å²) in [6, 6.07) is 0. The molecular formula is C11H27P. The Balaban J connectivity index is 0. The van der Waals surface area contributed by atoms with Gasteiger partial charge in [-0.2, -0.15) is 0 Å². The molecule has 0 aliphatic heterocycles. The van der Waals surface area contributed by atoms with E-state index in [1.165, 1.54) is 6.42 Å². The molecule has 0 aromatic carbocycles. The van der Waals surface area contributed by atoms with Crippen molar-refractivity contribution in [2.45, 2.75) is 72.1 Å². The lowest BCUT2D eigenvalue weighted by atomic mass is 10.2. The third-order valence-corrected chi connectivity index (χ3v) is 2.25. The zero-order chi connectivity index (χ0) is 10.4. The molecule has 76 valence electrons. The largest absolute Gasteiger partial charge is 0.111 e. The van der Waals surface area contributed by atoms with Crippen LogP contribution in [0.1, 0.15) is 61.8 Å². The lowest BCUT2D eigenvalue weighted by Gasteiger charge is -2.28. The van der Waals surface area contributed by atoms with Crippen molar-refractivity contribution in [3.63, 3.8) is 0 Å². The quantitative estimate of drug-likeness (QED) is 0.487. The van der Waals surface area contributed by atoms with Gasteiger partial charge in [-0.25, -0.2) is 0 Å². The van der Waals surface area contributed by atoms with Crippen molar-refractivity contribution in [3.05, 3.63) is 0 Å². The molecule has 0 rings (SSSR count). The highest BCUT2D eigenvalue weighted by Gasteiger charge is 2.19. The Bertz CT molecular complexity index is 80.6. The van der Waals surface area contributed by atoms with Gasteiger partial charge in [0.15, 0.2) is 0 Å². The highest BCUT2D eigenvalue weighted by atomic mass is 31.1. The van der Waals surface area contributed by atoms with Gasteiger partial charge < -0.3 is 0 Å². The molecule has 0 saturated heterocycles. The lowest BCUT2D eigenvalue weighted by Crippen LogP contribution is -2.16. The van der Waals surface area contributed by atoms with Crippen molar-refractivity contribution in [2.75, 3.05) is 0 Å². The van der Waals surface area contributed by atoms with Gasteiger partial charge in [0, 0.05) is 0 Å². The van der Waals surface area contributed by atoms with Gasteiger partial charge in [-0.15, -0.1) is 8.58 Å². The Morgan fingerprint density at radius 3 is 0.917 bits per heavy atom. The maximum absolute atomic E-state index is 2.30. The predicted octanol–water partition coefficient (Wildman–Crippen LogP) is 4.68. The fourth-order valence-electron chi connectivity index (χ4n) is 1.12. The molecule has 0 nitrogen and oxygen atoms in total. The molecule has 0 bridgehead atoms. The monoisotopic (exact) mass is 190 g/mol. The van der Waals surface area contributed by atoms with Crippen LogP contribution in [-0.2, 0) is 0 Å². The molecule has 0 radical (unpaired) electrons. The van der Waals surface area contributed by atoms with Crippen molar-refractivity contribution in [2.24, 2.45) is 0 Å². The van der Waals surface area contributed by atoms with E-state index < -0.39 is 0 Å². The maximum Gasteiger partial charge on any atom is -0.0202 e. The standard InChI is InChI=1S/C8H19P.C3H8/c1-7(2,3)9-8(4,5)6;1-3-2/h9H,1-6H3;3H2,1-2H3. The molecule has 0 aromatic rings. The molecule has 0 fully saturated rings. The molecule has 0 heterocycles. The second kappa shape index (κ2) is 5.97. The summed E-state index contributed by atoms with van der Waals surface area (Å²) in [5, 5.41) is 1.02. The van der Waals surface area contributed by atoms with E-state index >= 15 is 0 Å². The Labute approximate surface area is 81.3 Å². The Kier molecular flexibility index (Phi) is 7.43. The van der Waals surface area contributed by atoms with Crippen LogP contribution in [0, 0.1) is 0 Å². The highest BCUT2D eigenvalue weighted by molar-refractivity contribution is 7.41. The zero-order valence-electron chi connectivity index (χ0n) is 10.2. The van der Waals surface area contributed by atoms with Gasteiger partial charge in [0.25, 0.3) is 0 Å². The summed E-state index contributed by atoms with van der Waals surface area (Å²) in [4.78, 5) is 0. The Hall–Kier alpha value is 0.430. The first-order valence-electron chi connectivity index (χ1n) is 4.91. The molecule has 0 aromatic heterocycles. The Morgan fingerprint density at radius 2 is 0.917 bits per heavy atom. The van der Waals surface area contributed by atoms with Gasteiger partial charge in [-0.05, 0) is 10.3 Å². The van der Waals surface area contributed by atoms with Gasteiger partial charge in [-0.1, -0.05) is 61.8 Å². The topological polar surface area (TPSA) is 0 Å². The lowest BCUT2D eigenvalue weighted by molar-refractivity contribution is 0.725. The molecule has 0 amide bonds. The van der Waals surface area contributed by atoms with Crippen LogP contribution in [0.15, 0.2) is 0 Å². The molecule has 0 atom stereocenters. The number of hydrogen-bond donors (Lipinski definition) is 0. The fourth-order valence-corrected chi connectivity index (χ4v) is 3.38. The molecular weight excluding hydrogens is 163 g/mol. The van der Waals surface area contributed by atoms with Crippen LogP contribution in [0.4, 0.5) is 0 Å². The van der Waals surface area contributed by atoms with E-state index in [2.05, 4.69) is 55.4 Å². The van der Waals surface area contributed by atoms with Gasteiger partial charge in [0.2, 0.25) is 0 Å². The summed E-state index contributed by atoms with van der Waals surface area (Å²) < 4.78 is 0. The summed E-state index contributed by atoms with van der Waals surface area (Å²) in [6.45, 7) is 18.1.